The second-order valence-corrected chi connectivity index (χ2v) is 3.20. The molecule has 1 aliphatic rings. The van der Waals surface area contributed by atoms with E-state index < -0.39 is 18.5 Å². The van der Waals surface area contributed by atoms with Gasteiger partial charge in [0.2, 0.25) is 6.29 Å². The number of esters is 1. The van der Waals surface area contributed by atoms with Gasteiger partial charge in [0.05, 0.1) is 13.2 Å². The van der Waals surface area contributed by atoms with E-state index in [4.69, 9.17) is 18.9 Å². The number of epoxide rings is 1. The third-order valence-electron chi connectivity index (χ3n) is 1.75. The van der Waals surface area contributed by atoms with E-state index in [1.165, 1.54) is 0 Å². The smallest absolute Gasteiger partial charge is 0.332 e. The van der Waals surface area contributed by atoms with Crippen molar-refractivity contribution in [3.05, 3.63) is 12.7 Å². The summed E-state index contributed by atoms with van der Waals surface area (Å²) >= 11 is 0. The average Bonchev–Trinajstić information content (AvgIpc) is 2.97. The molecule has 0 radical (unpaired) electrons. The molecule has 0 N–H and O–H groups in total. The third kappa shape index (κ3) is 5.51. The van der Waals surface area contributed by atoms with E-state index in [0.717, 1.165) is 12.7 Å². The van der Waals surface area contributed by atoms with Gasteiger partial charge in [0.25, 0.3) is 0 Å². The van der Waals surface area contributed by atoms with Gasteiger partial charge in [-0.3, -0.25) is 0 Å². The summed E-state index contributed by atoms with van der Waals surface area (Å²) in [6, 6.07) is 0. The second-order valence-electron chi connectivity index (χ2n) is 3.20. The van der Waals surface area contributed by atoms with E-state index in [0.29, 0.717) is 6.61 Å². The zero-order valence-electron chi connectivity index (χ0n) is 8.97. The molecule has 0 bridgehead atoms. The zero-order valence-corrected chi connectivity index (χ0v) is 8.97. The Balaban J connectivity index is 2.08. The molecule has 0 saturated carbocycles. The fraction of sp³-hybridized carbons (Fsp3) is 0.700. The van der Waals surface area contributed by atoms with Crippen LogP contribution in [0.15, 0.2) is 12.7 Å². The Labute approximate surface area is 88.9 Å². The highest BCUT2D eigenvalue weighted by molar-refractivity contribution is 5.81. The van der Waals surface area contributed by atoms with Gasteiger partial charge in [-0.2, -0.15) is 0 Å². The molecule has 1 fully saturated rings. The van der Waals surface area contributed by atoms with Gasteiger partial charge >= 0.3 is 5.97 Å². The van der Waals surface area contributed by atoms with Crippen LogP contribution in [0.5, 0.6) is 0 Å². The molecular weight excluding hydrogens is 200 g/mol. The first-order chi connectivity index (χ1) is 7.11. The van der Waals surface area contributed by atoms with Crippen LogP contribution < -0.4 is 0 Å². The van der Waals surface area contributed by atoms with Gasteiger partial charge in [0, 0.05) is 6.08 Å². The first-order valence-corrected chi connectivity index (χ1v) is 4.83. The molecule has 0 amide bonds. The molecule has 3 atom stereocenters. The van der Waals surface area contributed by atoms with Crippen molar-refractivity contribution in [3.8, 4) is 0 Å². The van der Waals surface area contributed by atoms with E-state index in [-0.39, 0.29) is 6.10 Å². The maximum atomic E-state index is 10.8. The Hall–Kier alpha value is -0.910. The Morgan fingerprint density at radius 1 is 1.60 bits per heavy atom. The SMILES string of the molecule is C=CC(=O)OC(C)OC(C)OCC1CO1. The van der Waals surface area contributed by atoms with Crippen molar-refractivity contribution in [1.29, 1.82) is 0 Å². The van der Waals surface area contributed by atoms with Gasteiger partial charge < -0.3 is 18.9 Å². The molecule has 5 heteroatoms. The Morgan fingerprint density at radius 3 is 2.80 bits per heavy atom. The monoisotopic (exact) mass is 216 g/mol. The van der Waals surface area contributed by atoms with E-state index in [1.807, 2.05) is 0 Å². The summed E-state index contributed by atoms with van der Waals surface area (Å²) in [7, 11) is 0. The predicted molar refractivity (Wildman–Crippen MR) is 52.0 cm³/mol. The lowest BCUT2D eigenvalue weighted by Crippen LogP contribution is -2.25. The third-order valence-corrected chi connectivity index (χ3v) is 1.75. The summed E-state index contributed by atoms with van der Waals surface area (Å²) in [6.07, 6.45) is 0.207. The molecule has 1 saturated heterocycles. The van der Waals surface area contributed by atoms with Crippen LogP contribution in [0.4, 0.5) is 0 Å². The van der Waals surface area contributed by atoms with Crippen LogP contribution in [0.2, 0.25) is 0 Å². The van der Waals surface area contributed by atoms with Crippen LogP contribution >= 0.6 is 0 Å². The van der Waals surface area contributed by atoms with Crippen molar-refractivity contribution in [2.45, 2.75) is 32.5 Å². The first-order valence-electron chi connectivity index (χ1n) is 4.83. The summed E-state index contributed by atoms with van der Waals surface area (Å²) in [5.41, 5.74) is 0. The molecule has 0 aromatic rings. The van der Waals surface area contributed by atoms with Crippen LogP contribution in [0, 0.1) is 0 Å². The standard InChI is InChI=1S/C10H16O5/c1-4-10(11)15-8(3)14-7(2)12-5-9-6-13-9/h4,7-9H,1,5-6H2,2-3H3. The van der Waals surface area contributed by atoms with Crippen LogP contribution in [0.1, 0.15) is 13.8 Å². The van der Waals surface area contributed by atoms with Gasteiger partial charge in [0.1, 0.15) is 6.10 Å². The number of carbonyl (C=O) groups is 1. The van der Waals surface area contributed by atoms with Crippen molar-refractivity contribution < 1.29 is 23.7 Å². The highest BCUT2D eigenvalue weighted by Gasteiger charge is 2.24. The van der Waals surface area contributed by atoms with Crippen molar-refractivity contribution >= 4 is 5.97 Å². The molecule has 0 spiro atoms. The molecule has 0 aromatic heterocycles. The zero-order chi connectivity index (χ0) is 11.3. The lowest BCUT2D eigenvalue weighted by Gasteiger charge is -2.18. The number of rotatable bonds is 7. The van der Waals surface area contributed by atoms with E-state index in [9.17, 15) is 4.79 Å². The van der Waals surface area contributed by atoms with Crippen molar-refractivity contribution in [2.24, 2.45) is 0 Å². The van der Waals surface area contributed by atoms with Crippen LogP contribution in [-0.4, -0.2) is 37.9 Å². The minimum Gasteiger partial charge on any atom is -0.433 e. The normalized spacial score (nSPS) is 22.9. The quantitative estimate of drug-likeness (QED) is 0.273. The van der Waals surface area contributed by atoms with Crippen LogP contribution in [0.3, 0.4) is 0 Å². The van der Waals surface area contributed by atoms with Gasteiger partial charge in [0.15, 0.2) is 6.29 Å². The summed E-state index contributed by atoms with van der Waals surface area (Å²) in [6.45, 7) is 7.89. The van der Waals surface area contributed by atoms with Crippen LogP contribution in [-0.2, 0) is 23.7 Å². The fourth-order valence-electron chi connectivity index (χ4n) is 0.956. The molecule has 3 unspecified atom stereocenters. The Morgan fingerprint density at radius 2 is 2.27 bits per heavy atom. The number of ether oxygens (including phenoxy) is 4. The van der Waals surface area contributed by atoms with E-state index >= 15 is 0 Å². The molecule has 1 heterocycles. The van der Waals surface area contributed by atoms with Crippen molar-refractivity contribution in [2.75, 3.05) is 13.2 Å². The van der Waals surface area contributed by atoms with Gasteiger partial charge in [-0.15, -0.1) is 0 Å². The molecule has 15 heavy (non-hydrogen) atoms. The molecule has 86 valence electrons. The Bertz CT molecular complexity index is 224. The summed E-state index contributed by atoms with van der Waals surface area (Å²) in [5.74, 6) is -0.514. The van der Waals surface area contributed by atoms with Gasteiger partial charge in [-0.05, 0) is 13.8 Å². The molecule has 0 aliphatic carbocycles. The number of hydrogen-bond acceptors (Lipinski definition) is 5. The van der Waals surface area contributed by atoms with E-state index in [1.54, 1.807) is 13.8 Å². The summed E-state index contributed by atoms with van der Waals surface area (Å²) < 4.78 is 20.3. The largest absolute Gasteiger partial charge is 0.433 e. The number of carbonyl (C=O) groups excluding carboxylic acids is 1. The highest BCUT2D eigenvalue weighted by Crippen LogP contribution is 2.11. The molecule has 1 aliphatic heterocycles. The van der Waals surface area contributed by atoms with Crippen LogP contribution in [0.25, 0.3) is 0 Å². The molecule has 0 aromatic carbocycles. The fourth-order valence-corrected chi connectivity index (χ4v) is 0.956. The maximum absolute atomic E-state index is 10.8. The average molecular weight is 216 g/mol. The second kappa shape index (κ2) is 5.85. The predicted octanol–water partition coefficient (Wildman–Crippen LogP) is 0.840. The highest BCUT2D eigenvalue weighted by atomic mass is 16.8. The van der Waals surface area contributed by atoms with Crippen molar-refractivity contribution in [3.63, 3.8) is 0 Å². The topological polar surface area (TPSA) is 57.3 Å². The number of hydrogen-bond donors (Lipinski definition) is 0. The maximum Gasteiger partial charge on any atom is 0.332 e. The summed E-state index contributed by atoms with van der Waals surface area (Å²) in [4.78, 5) is 10.8. The molecular formula is C10H16O5. The molecule has 5 nitrogen and oxygen atoms in total. The van der Waals surface area contributed by atoms with Crippen molar-refractivity contribution in [1.82, 2.24) is 0 Å². The van der Waals surface area contributed by atoms with Gasteiger partial charge in [-0.1, -0.05) is 6.58 Å². The summed E-state index contributed by atoms with van der Waals surface area (Å²) in [5, 5.41) is 0. The minimum atomic E-state index is -0.648. The Kier molecular flexibility index (Phi) is 4.74. The first kappa shape index (κ1) is 12.2. The lowest BCUT2D eigenvalue weighted by molar-refractivity contribution is -0.227. The lowest BCUT2D eigenvalue weighted by atomic mass is 10.5. The van der Waals surface area contributed by atoms with E-state index in [2.05, 4.69) is 6.58 Å². The molecule has 1 rings (SSSR count). The van der Waals surface area contributed by atoms with Gasteiger partial charge in [-0.25, -0.2) is 4.79 Å². The minimum absolute atomic E-state index is 0.196.